The summed E-state index contributed by atoms with van der Waals surface area (Å²) in [6.45, 7) is 4.97. The van der Waals surface area contributed by atoms with Gasteiger partial charge in [-0.25, -0.2) is 8.42 Å². The summed E-state index contributed by atoms with van der Waals surface area (Å²) in [5, 5.41) is 10.8. The Hall–Kier alpha value is -2.94. The molecular formula is C18H20N2O6S. The number of non-ortho nitro benzene ring substituents is 1. The summed E-state index contributed by atoms with van der Waals surface area (Å²) < 4.78 is 32.0. The van der Waals surface area contributed by atoms with Crippen molar-refractivity contribution >= 4 is 27.4 Å². The zero-order chi connectivity index (χ0) is 20.2. The lowest BCUT2D eigenvalue weighted by molar-refractivity contribution is -0.384. The van der Waals surface area contributed by atoms with Crippen molar-refractivity contribution in [1.29, 1.82) is 0 Å². The summed E-state index contributed by atoms with van der Waals surface area (Å²) in [5.41, 5.74) is 1.92. The molecule has 0 amide bonds. The number of benzene rings is 2. The Kier molecular flexibility index (Phi) is 6.17. The van der Waals surface area contributed by atoms with Crippen molar-refractivity contribution in [2.45, 2.75) is 25.7 Å². The van der Waals surface area contributed by atoms with E-state index in [4.69, 9.17) is 4.74 Å². The van der Waals surface area contributed by atoms with Gasteiger partial charge in [-0.2, -0.15) is 0 Å². The van der Waals surface area contributed by atoms with Gasteiger partial charge in [0, 0.05) is 12.1 Å². The van der Waals surface area contributed by atoms with E-state index in [9.17, 15) is 23.3 Å². The number of ether oxygens (including phenoxy) is 1. The molecule has 0 N–H and O–H groups in total. The van der Waals surface area contributed by atoms with E-state index in [1.54, 1.807) is 25.1 Å². The van der Waals surface area contributed by atoms with Crippen LogP contribution in [0.1, 0.15) is 18.1 Å². The van der Waals surface area contributed by atoms with Gasteiger partial charge in [0.15, 0.2) is 0 Å². The monoisotopic (exact) mass is 392 g/mol. The SMILES string of the molecule is CCOC(=O)CN(c1ccc(C)c(C)c1)S(=O)(=O)c1ccc([N+](=O)[O-])cc1. The number of anilines is 1. The number of nitrogens with zero attached hydrogens (tertiary/aromatic N) is 2. The summed E-state index contributed by atoms with van der Waals surface area (Å²) in [6.07, 6.45) is 0. The Balaban J connectivity index is 2.51. The van der Waals surface area contributed by atoms with E-state index in [0.29, 0.717) is 5.69 Å². The van der Waals surface area contributed by atoms with Gasteiger partial charge in [0.05, 0.1) is 22.1 Å². The number of carbonyl (C=O) groups excluding carboxylic acids is 1. The minimum Gasteiger partial charge on any atom is -0.465 e. The van der Waals surface area contributed by atoms with Gasteiger partial charge in [0.1, 0.15) is 6.54 Å². The minimum atomic E-state index is -4.13. The van der Waals surface area contributed by atoms with Crippen LogP contribution in [0.3, 0.4) is 0 Å². The van der Waals surface area contributed by atoms with E-state index in [1.165, 1.54) is 0 Å². The van der Waals surface area contributed by atoms with Gasteiger partial charge in [0.2, 0.25) is 0 Å². The van der Waals surface area contributed by atoms with Crippen LogP contribution in [0.25, 0.3) is 0 Å². The van der Waals surface area contributed by atoms with Crippen molar-refractivity contribution < 1.29 is 22.9 Å². The highest BCUT2D eigenvalue weighted by atomic mass is 32.2. The molecule has 0 aliphatic heterocycles. The number of rotatable bonds is 7. The molecule has 2 aromatic carbocycles. The topological polar surface area (TPSA) is 107 Å². The molecule has 0 spiro atoms. The van der Waals surface area contributed by atoms with Gasteiger partial charge in [-0.3, -0.25) is 19.2 Å². The number of nitro benzene ring substituents is 1. The van der Waals surface area contributed by atoms with E-state index in [0.717, 1.165) is 39.7 Å². The van der Waals surface area contributed by atoms with Gasteiger partial charge in [-0.15, -0.1) is 0 Å². The normalized spacial score (nSPS) is 11.1. The lowest BCUT2D eigenvalue weighted by Crippen LogP contribution is -2.36. The van der Waals surface area contributed by atoms with Crippen LogP contribution in [0.2, 0.25) is 0 Å². The number of aryl methyl sites for hydroxylation is 2. The van der Waals surface area contributed by atoms with Crippen LogP contribution in [0.5, 0.6) is 0 Å². The molecule has 2 aromatic rings. The minimum absolute atomic E-state index is 0.122. The largest absolute Gasteiger partial charge is 0.465 e. The molecule has 0 fully saturated rings. The molecule has 0 atom stereocenters. The summed E-state index contributed by atoms with van der Waals surface area (Å²) >= 11 is 0. The molecule has 0 saturated heterocycles. The summed E-state index contributed by atoms with van der Waals surface area (Å²) in [4.78, 5) is 22.0. The third-order valence-corrected chi connectivity index (χ3v) is 5.78. The molecule has 0 heterocycles. The molecule has 0 unspecified atom stereocenters. The summed E-state index contributed by atoms with van der Waals surface area (Å²) in [7, 11) is -4.13. The Labute approximate surface area is 157 Å². The molecule has 0 bridgehead atoms. The van der Waals surface area contributed by atoms with Crippen molar-refractivity contribution in [3.05, 3.63) is 63.7 Å². The molecule has 0 aliphatic rings. The zero-order valence-electron chi connectivity index (χ0n) is 15.2. The summed E-state index contributed by atoms with van der Waals surface area (Å²) in [6, 6.07) is 9.53. The van der Waals surface area contributed by atoms with Crippen LogP contribution in [-0.2, 0) is 19.6 Å². The van der Waals surface area contributed by atoms with Crippen molar-refractivity contribution in [2.75, 3.05) is 17.5 Å². The Morgan fingerprint density at radius 3 is 2.26 bits per heavy atom. The Morgan fingerprint density at radius 2 is 1.74 bits per heavy atom. The van der Waals surface area contributed by atoms with Crippen LogP contribution < -0.4 is 4.31 Å². The summed E-state index contributed by atoms with van der Waals surface area (Å²) in [5.74, 6) is -0.693. The molecule has 0 aromatic heterocycles. The van der Waals surface area contributed by atoms with Gasteiger partial charge in [-0.1, -0.05) is 6.07 Å². The van der Waals surface area contributed by atoms with E-state index in [-0.39, 0.29) is 17.2 Å². The first-order chi connectivity index (χ1) is 12.7. The van der Waals surface area contributed by atoms with Crippen molar-refractivity contribution in [2.24, 2.45) is 0 Å². The van der Waals surface area contributed by atoms with Crippen molar-refractivity contribution in [3.8, 4) is 0 Å². The zero-order valence-corrected chi connectivity index (χ0v) is 16.0. The molecule has 27 heavy (non-hydrogen) atoms. The predicted molar refractivity (Wildman–Crippen MR) is 100 cm³/mol. The van der Waals surface area contributed by atoms with Crippen LogP contribution in [0.4, 0.5) is 11.4 Å². The third kappa shape index (κ3) is 4.62. The molecule has 0 radical (unpaired) electrons. The number of sulfonamides is 1. The molecule has 9 heteroatoms. The Bertz CT molecular complexity index is 954. The molecule has 0 aliphatic carbocycles. The van der Waals surface area contributed by atoms with Gasteiger partial charge >= 0.3 is 5.97 Å². The third-order valence-electron chi connectivity index (χ3n) is 3.99. The van der Waals surface area contributed by atoms with Crippen molar-refractivity contribution in [3.63, 3.8) is 0 Å². The fraction of sp³-hybridized carbons (Fsp3) is 0.278. The van der Waals surface area contributed by atoms with E-state index < -0.39 is 27.5 Å². The molecule has 144 valence electrons. The average molecular weight is 392 g/mol. The first-order valence-corrected chi connectivity index (χ1v) is 9.61. The van der Waals surface area contributed by atoms with Crippen LogP contribution in [0.15, 0.2) is 47.4 Å². The fourth-order valence-electron chi connectivity index (χ4n) is 2.39. The number of carbonyl (C=O) groups is 1. The highest BCUT2D eigenvalue weighted by Gasteiger charge is 2.28. The number of hydrogen-bond donors (Lipinski definition) is 0. The maximum atomic E-state index is 13.1. The van der Waals surface area contributed by atoms with Crippen LogP contribution in [0, 0.1) is 24.0 Å². The molecular weight excluding hydrogens is 372 g/mol. The van der Waals surface area contributed by atoms with Gasteiger partial charge in [0.25, 0.3) is 15.7 Å². The second-order valence-corrected chi connectivity index (χ2v) is 7.70. The predicted octanol–water partition coefficient (Wildman–Crippen LogP) is 2.97. The lowest BCUT2D eigenvalue weighted by Gasteiger charge is -2.24. The highest BCUT2D eigenvalue weighted by molar-refractivity contribution is 7.92. The van der Waals surface area contributed by atoms with E-state index >= 15 is 0 Å². The molecule has 2 rings (SSSR count). The van der Waals surface area contributed by atoms with Gasteiger partial charge < -0.3 is 4.74 Å². The first-order valence-electron chi connectivity index (χ1n) is 8.17. The number of hydrogen-bond acceptors (Lipinski definition) is 6. The van der Waals surface area contributed by atoms with E-state index in [2.05, 4.69) is 0 Å². The second kappa shape index (κ2) is 8.17. The van der Waals surface area contributed by atoms with Crippen LogP contribution in [-0.4, -0.2) is 32.5 Å². The van der Waals surface area contributed by atoms with Crippen LogP contribution >= 0.6 is 0 Å². The number of nitro groups is 1. The molecule has 8 nitrogen and oxygen atoms in total. The van der Waals surface area contributed by atoms with E-state index in [1.807, 2.05) is 13.8 Å². The Morgan fingerprint density at radius 1 is 1.11 bits per heavy atom. The fourth-order valence-corrected chi connectivity index (χ4v) is 3.79. The maximum absolute atomic E-state index is 13.1. The lowest BCUT2D eigenvalue weighted by atomic mass is 10.1. The number of esters is 1. The standard InChI is InChI=1S/C18H20N2O6S/c1-4-26-18(21)12-19(16-6-5-13(2)14(3)11-16)27(24,25)17-9-7-15(8-10-17)20(22)23/h5-11H,4,12H2,1-3H3. The second-order valence-electron chi connectivity index (χ2n) is 5.84. The maximum Gasteiger partial charge on any atom is 0.326 e. The first kappa shape index (κ1) is 20.4. The highest BCUT2D eigenvalue weighted by Crippen LogP contribution is 2.27. The molecule has 0 saturated carbocycles. The van der Waals surface area contributed by atoms with Crippen molar-refractivity contribution in [1.82, 2.24) is 0 Å². The average Bonchev–Trinajstić information content (AvgIpc) is 2.62. The van der Waals surface area contributed by atoms with Gasteiger partial charge in [-0.05, 0) is 56.2 Å². The smallest absolute Gasteiger partial charge is 0.326 e. The quantitative estimate of drug-likeness (QED) is 0.407.